The molecule has 1 aromatic carbocycles. The number of aromatic nitrogens is 4. The van der Waals surface area contributed by atoms with Gasteiger partial charge in [-0.05, 0) is 37.6 Å². The molecule has 33 heavy (non-hydrogen) atoms. The van der Waals surface area contributed by atoms with Gasteiger partial charge in [-0.3, -0.25) is 14.2 Å². The molecule has 0 bridgehead atoms. The van der Waals surface area contributed by atoms with Crippen LogP contribution in [0.2, 0.25) is 5.02 Å². The van der Waals surface area contributed by atoms with E-state index in [2.05, 4.69) is 10.2 Å². The van der Waals surface area contributed by atoms with Gasteiger partial charge in [0.1, 0.15) is 17.1 Å². The van der Waals surface area contributed by atoms with Gasteiger partial charge in [0.15, 0.2) is 5.78 Å². The van der Waals surface area contributed by atoms with Gasteiger partial charge in [0.25, 0.3) is 12.9 Å². The molecule has 0 aliphatic carbocycles. The highest BCUT2D eigenvalue weighted by atomic mass is 35.5. The van der Waals surface area contributed by atoms with Crippen molar-refractivity contribution in [3.63, 3.8) is 0 Å². The highest BCUT2D eigenvalue weighted by Crippen LogP contribution is 2.35. The quantitative estimate of drug-likeness (QED) is 0.233. The maximum atomic E-state index is 13.5. The van der Waals surface area contributed by atoms with E-state index in [1.807, 2.05) is 0 Å². The summed E-state index contributed by atoms with van der Waals surface area (Å²) >= 11 is 5.73. The Morgan fingerprint density at radius 3 is 2.42 bits per heavy atom. The zero-order valence-electron chi connectivity index (χ0n) is 18.2. The number of carbonyl (C=O) groups excluding carboxylic acids is 1. The number of hydrogen-bond acceptors (Lipinski definition) is 4. The lowest BCUT2D eigenvalue weighted by molar-refractivity contribution is 0.104. The first-order chi connectivity index (χ1) is 15.5. The number of rotatable bonds is 8. The highest BCUT2D eigenvalue weighted by Gasteiger charge is 2.28. The predicted octanol–water partition coefficient (Wildman–Crippen LogP) is 5.72. The summed E-state index contributed by atoms with van der Waals surface area (Å²) in [7, 11) is 3.13. The molecule has 0 amide bonds. The molecule has 0 saturated carbocycles. The number of nitrogens with zero attached hydrogens (tertiary/aromatic N) is 4. The molecule has 0 radical (unpaired) electrons. The van der Waals surface area contributed by atoms with Gasteiger partial charge in [0.2, 0.25) is 0 Å². The van der Waals surface area contributed by atoms with Gasteiger partial charge in [-0.15, -0.1) is 0 Å². The first-order valence-corrected chi connectivity index (χ1v) is 10.1. The van der Waals surface area contributed by atoms with E-state index in [1.165, 1.54) is 13.2 Å². The molecule has 0 fully saturated rings. The zero-order valence-corrected chi connectivity index (χ0v) is 19.0. The molecule has 0 aliphatic heterocycles. The average molecular weight is 485 g/mol. The molecule has 176 valence electrons. The van der Waals surface area contributed by atoms with E-state index in [4.69, 9.17) is 16.3 Å². The van der Waals surface area contributed by atoms with E-state index in [0.29, 0.717) is 28.1 Å². The van der Waals surface area contributed by atoms with Crippen LogP contribution in [0.1, 0.15) is 57.1 Å². The molecule has 3 rings (SSSR count). The van der Waals surface area contributed by atoms with E-state index in [0.717, 1.165) is 10.4 Å². The summed E-state index contributed by atoms with van der Waals surface area (Å²) in [5.74, 6) is 0.0961. The van der Waals surface area contributed by atoms with E-state index in [1.54, 1.807) is 49.9 Å². The maximum Gasteiger partial charge on any atom is 0.283 e. The number of aryl methyl sites for hydroxylation is 2. The van der Waals surface area contributed by atoms with E-state index in [9.17, 15) is 22.4 Å². The van der Waals surface area contributed by atoms with Crippen molar-refractivity contribution in [1.29, 1.82) is 0 Å². The Hall–Kier alpha value is -3.14. The summed E-state index contributed by atoms with van der Waals surface area (Å²) in [6, 6.07) is 4.85. The molecule has 3 aromatic rings. The van der Waals surface area contributed by atoms with Crippen molar-refractivity contribution in [2.75, 3.05) is 7.11 Å². The fraction of sp³-hybridized carbons (Fsp3) is 0.318. The van der Waals surface area contributed by atoms with Crippen LogP contribution in [0.25, 0.3) is 6.08 Å². The summed E-state index contributed by atoms with van der Waals surface area (Å²) in [4.78, 5) is 12.6. The minimum atomic E-state index is -3.10. The number of hydrogen-bond donors (Lipinski definition) is 0. The molecule has 0 aliphatic rings. The molecule has 0 spiro atoms. The minimum Gasteiger partial charge on any atom is -0.496 e. The van der Waals surface area contributed by atoms with Crippen LogP contribution in [0.5, 0.6) is 5.75 Å². The lowest BCUT2D eigenvalue weighted by Crippen LogP contribution is -2.08. The number of benzene rings is 1. The van der Waals surface area contributed by atoms with Gasteiger partial charge in [0.05, 0.1) is 29.9 Å². The molecule has 0 N–H and O–H groups in total. The summed E-state index contributed by atoms with van der Waals surface area (Å²) < 4.78 is 60.9. The van der Waals surface area contributed by atoms with E-state index < -0.39 is 29.3 Å². The topological polar surface area (TPSA) is 61.9 Å². The number of ether oxygens (including phenoxy) is 1. The van der Waals surface area contributed by atoms with Crippen LogP contribution in [-0.4, -0.2) is 32.5 Å². The summed E-state index contributed by atoms with van der Waals surface area (Å²) in [6.45, 7) is 3.24. The standard InChI is InChI=1S/C22H21ClF4N4O2/c1-11-17(12(2)30(3)28-11)15(32)7-5-13-6-8-16(33-4)14(9-13)10-31-20(22(26)27)18(23)19(29-31)21(24)25/h5-9,21-22H,10H2,1-4H3/b7-5+. The number of alkyl halides is 4. The second kappa shape index (κ2) is 9.78. The lowest BCUT2D eigenvalue weighted by Gasteiger charge is -2.12. The van der Waals surface area contributed by atoms with Gasteiger partial charge in [-0.2, -0.15) is 10.2 Å². The molecule has 2 aromatic heterocycles. The van der Waals surface area contributed by atoms with Crippen molar-refractivity contribution < 1.29 is 27.1 Å². The fourth-order valence-corrected chi connectivity index (χ4v) is 3.81. The smallest absolute Gasteiger partial charge is 0.283 e. The number of ketones is 1. The number of carbonyl (C=O) groups is 1. The molecule has 0 atom stereocenters. The van der Waals surface area contributed by atoms with Gasteiger partial charge >= 0.3 is 0 Å². The second-order valence-electron chi connectivity index (χ2n) is 7.28. The molecular formula is C22H21ClF4N4O2. The van der Waals surface area contributed by atoms with Crippen molar-refractivity contribution in [2.45, 2.75) is 33.2 Å². The Morgan fingerprint density at radius 2 is 1.88 bits per heavy atom. The van der Waals surface area contributed by atoms with E-state index in [-0.39, 0.29) is 12.3 Å². The Morgan fingerprint density at radius 1 is 1.18 bits per heavy atom. The third-order valence-corrected chi connectivity index (χ3v) is 5.56. The lowest BCUT2D eigenvalue weighted by atomic mass is 10.1. The molecule has 11 heteroatoms. The molecule has 2 heterocycles. The SMILES string of the molecule is COc1ccc(/C=C/C(=O)c2c(C)nn(C)c2C)cc1Cn1nc(C(F)F)c(Cl)c1C(F)F. The number of allylic oxidation sites excluding steroid dienone is 1. The van der Waals surface area contributed by atoms with Crippen molar-refractivity contribution in [2.24, 2.45) is 7.05 Å². The van der Waals surface area contributed by atoms with Gasteiger partial charge < -0.3 is 4.74 Å². The zero-order chi connectivity index (χ0) is 24.4. The third kappa shape index (κ3) is 4.95. The normalized spacial score (nSPS) is 11.8. The first kappa shape index (κ1) is 24.5. The summed E-state index contributed by atoms with van der Waals surface area (Å²) in [5.41, 5.74) is 1.08. The molecule has 0 saturated heterocycles. The van der Waals surface area contributed by atoms with Crippen molar-refractivity contribution in [1.82, 2.24) is 19.6 Å². The largest absolute Gasteiger partial charge is 0.496 e. The second-order valence-corrected chi connectivity index (χ2v) is 7.66. The van der Waals surface area contributed by atoms with Crippen LogP contribution >= 0.6 is 11.6 Å². The van der Waals surface area contributed by atoms with Crippen LogP contribution in [0.3, 0.4) is 0 Å². The van der Waals surface area contributed by atoms with Gasteiger partial charge in [-0.1, -0.05) is 23.7 Å². The number of methoxy groups -OCH3 is 1. The Kier molecular flexibility index (Phi) is 7.26. The molecule has 0 unspecified atom stereocenters. The van der Waals surface area contributed by atoms with Crippen molar-refractivity contribution in [3.05, 3.63) is 68.8 Å². The first-order valence-electron chi connectivity index (χ1n) is 9.77. The third-order valence-electron chi connectivity index (χ3n) is 5.18. The fourth-order valence-electron chi connectivity index (χ4n) is 3.51. The highest BCUT2D eigenvalue weighted by molar-refractivity contribution is 6.32. The average Bonchev–Trinajstić information content (AvgIpc) is 3.21. The van der Waals surface area contributed by atoms with Crippen LogP contribution < -0.4 is 4.74 Å². The van der Waals surface area contributed by atoms with E-state index >= 15 is 0 Å². The Labute approximate surface area is 192 Å². The molecule has 6 nitrogen and oxygen atoms in total. The Bertz CT molecular complexity index is 1220. The van der Waals surface area contributed by atoms with Gasteiger partial charge in [0, 0.05) is 18.3 Å². The maximum absolute atomic E-state index is 13.5. The van der Waals surface area contributed by atoms with Crippen LogP contribution in [0.4, 0.5) is 17.6 Å². The van der Waals surface area contributed by atoms with Crippen LogP contribution in [0.15, 0.2) is 24.3 Å². The van der Waals surface area contributed by atoms with Crippen LogP contribution in [-0.2, 0) is 13.6 Å². The summed E-state index contributed by atoms with van der Waals surface area (Å²) in [5, 5.41) is 7.05. The monoisotopic (exact) mass is 484 g/mol. The Balaban J connectivity index is 1.95. The van der Waals surface area contributed by atoms with Crippen molar-refractivity contribution >= 4 is 23.5 Å². The van der Waals surface area contributed by atoms with Gasteiger partial charge in [-0.25, -0.2) is 17.6 Å². The summed E-state index contributed by atoms with van der Waals surface area (Å²) in [6.07, 6.45) is -3.26. The predicted molar refractivity (Wildman–Crippen MR) is 115 cm³/mol. The van der Waals surface area contributed by atoms with Crippen molar-refractivity contribution in [3.8, 4) is 5.75 Å². The minimum absolute atomic E-state index is 0.240. The molecular weight excluding hydrogens is 464 g/mol. The number of halogens is 5. The van der Waals surface area contributed by atoms with Crippen LogP contribution in [0, 0.1) is 13.8 Å².